The molecule has 0 N–H and O–H groups in total. The molecule has 0 unspecified atom stereocenters. The zero-order valence-electron chi connectivity index (χ0n) is 28.0. The third-order valence-corrected chi connectivity index (χ3v) is 8.56. The number of benzene rings is 5. The van der Waals surface area contributed by atoms with Crippen LogP contribution in [0, 0.1) is 6.92 Å². The Morgan fingerprint density at radius 2 is 0.870 bits per heavy atom. The molecule has 0 aliphatic heterocycles. The maximum Gasteiger partial charge on any atom is 0.0462 e. The normalized spacial score (nSPS) is 11.3. The molecule has 0 bridgehead atoms. The first kappa shape index (κ1) is 32.4. The summed E-state index contributed by atoms with van der Waals surface area (Å²) in [6.07, 6.45) is 8.81. The van der Waals surface area contributed by atoms with E-state index in [0.717, 1.165) is 43.2 Å². The first-order valence-corrected chi connectivity index (χ1v) is 16.6. The average molecular weight is 606 g/mol. The van der Waals surface area contributed by atoms with Crippen molar-refractivity contribution in [2.24, 2.45) is 0 Å². The molecule has 0 aliphatic rings. The van der Waals surface area contributed by atoms with Crippen molar-refractivity contribution in [3.63, 3.8) is 0 Å². The fraction of sp³-hybridized carbons (Fsp3) is 0.209. The molecule has 3 nitrogen and oxygen atoms in total. The molecule has 0 radical (unpaired) electrons. The summed E-state index contributed by atoms with van der Waals surface area (Å²) < 4.78 is 0. The highest BCUT2D eigenvalue weighted by Crippen LogP contribution is 2.35. The van der Waals surface area contributed by atoms with Gasteiger partial charge in [-0.3, -0.25) is 0 Å². The second kappa shape index (κ2) is 15.8. The van der Waals surface area contributed by atoms with E-state index in [1.807, 2.05) is 6.07 Å². The zero-order valence-corrected chi connectivity index (χ0v) is 28.0. The SMILES string of the molecule is CCN(CC)c1ccc(/C=C/c2ccc(N(c3ccc(C)cc3)c3ccc(/C=C/c4ccccc4)cc3)cc2)c(N(CC)CC)c1. The summed E-state index contributed by atoms with van der Waals surface area (Å²) in [4.78, 5) is 7.17. The van der Waals surface area contributed by atoms with E-state index >= 15 is 0 Å². The Hall–Kier alpha value is -5.02. The molecule has 0 aliphatic carbocycles. The van der Waals surface area contributed by atoms with Gasteiger partial charge in [-0.15, -0.1) is 0 Å². The van der Waals surface area contributed by atoms with Crippen molar-refractivity contribution < 1.29 is 0 Å². The van der Waals surface area contributed by atoms with Gasteiger partial charge >= 0.3 is 0 Å². The van der Waals surface area contributed by atoms with Crippen LogP contribution in [-0.4, -0.2) is 26.2 Å². The van der Waals surface area contributed by atoms with E-state index in [0.29, 0.717) is 0 Å². The van der Waals surface area contributed by atoms with Crippen molar-refractivity contribution in [2.75, 3.05) is 40.9 Å². The minimum atomic E-state index is 0.979. The molecule has 5 aromatic rings. The van der Waals surface area contributed by atoms with Crippen molar-refractivity contribution >= 4 is 52.7 Å². The van der Waals surface area contributed by atoms with Crippen LogP contribution in [0.2, 0.25) is 0 Å². The number of nitrogens with zero attached hydrogens (tertiary/aromatic N) is 3. The van der Waals surface area contributed by atoms with E-state index in [-0.39, 0.29) is 0 Å². The standard InChI is InChI=1S/C43H47N3/c1-6-44(7-2)42-32-25-38(43(33-42)45(8-3)9-4)24-19-37-22-30-41(31-23-37)46(39-26-15-34(5)16-27-39)40-28-20-36(21-29-40)18-17-35-13-11-10-12-14-35/h10-33H,6-9H2,1-5H3/b18-17+,24-19+. The van der Waals surface area contributed by atoms with Crippen molar-refractivity contribution in [1.82, 2.24) is 0 Å². The number of aryl methyl sites for hydroxylation is 1. The minimum Gasteiger partial charge on any atom is -0.372 e. The van der Waals surface area contributed by atoms with E-state index in [1.54, 1.807) is 0 Å². The highest BCUT2D eigenvalue weighted by Gasteiger charge is 2.13. The second-order valence-corrected chi connectivity index (χ2v) is 11.5. The van der Waals surface area contributed by atoms with Crippen LogP contribution in [0.15, 0.2) is 121 Å². The predicted molar refractivity (Wildman–Crippen MR) is 204 cm³/mol. The minimum absolute atomic E-state index is 0.979. The molecule has 0 saturated heterocycles. The molecule has 0 fully saturated rings. The number of rotatable bonds is 13. The third kappa shape index (κ3) is 7.97. The predicted octanol–water partition coefficient (Wildman–Crippen LogP) is 11.5. The summed E-state index contributed by atoms with van der Waals surface area (Å²) in [6, 6.07) is 43.7. The molecular weight excluding hydrogens is 558 g/mol. The van der Waals surface area contributed by atoms with Crippen LogP contribution in [0.4, 0.5) is 28.4 Å². The monoisotopic (exact) mass is 605 g/mol. The molecule has 0 spiro atoms. The Morgan fingerprint density at radius 1 is 0.435 bits per heavy atom. The van der Waals surface area contributed by atoms with Crippen molar-refractivity contribution in [3.8, 4) is 0 Å². The van der Waals surface area contributed by atoms with Crippen LogP contribution in [0.25, 0.3) is 24.3 Å². The maximum atomic E-state index is 2.44. The fourth-order valence-electron chi connectivity index (χ4n) is 5.85. The molecule has 0 atom stereocenters. The van der Waals surface area contributed by atoms with Gasteiger partial charge in [-0.05, 0) is 105 Å². The van der Waals surface area contributed by atoms with Crippen molar-refractivity contribution in [3.05, 3.63) is 149 Å². The molecule has 3 heteroatoms. The topological polar surface area (TPSA) is 9.72 Å². The third-order valence-electron chi connectivity index (χ3n) is 8.56. The van der Waals surface area contributed by atoms with E-state index < -0.39 is 0 Å². The number of hydrogen-bond acceptors (Lipinski definition) is 3. The van der Waals surface area contributed by atoms with Gasteiger partial charge in [0, 0.05) is 54.6 Å². The molecular formula is C43H47N3. The van der Waals surface area contributed by atoms with Gasteiger partial charge in [0.2, 0.25) is 0 Å². The van der Waals surface area contributed by atoms with E-state index in [2.05, 4.69) is 189 Å². The molecule has 234 valence electrons. The van der Waals surface area contributed by atoms with Crippen LogP contribution in [-0.2, 0) is 0 Å². The lowest BCUT2D eigenvalue weighted by molar-refractivity contribution is 0.851. The fourth-order valence-corrected chi connectivity index (χ4v) is 5.85. The maximum absolute atomic E-state index is 2.44. The van der Waals surface area contributed by atoms with Gasteiger partial charge in [-0.2, -0.15) is 0 Å². The summed E-state index contributed by atoms with van der Waals surface area (Å²) >= 11 is 0. The van der Waals surface area contributed by atoms with Gasteiger partial charge in [0.25, 0.3) is 0 Å². The summed E-state index contributed by atoms with van der Waals surface area (Å²) in [5.41, 5.74) is 12.0. The Kier molecular flexibility index (Phi) is 11.1. The Balaban J connectivity index is 1.42. The van der Waals surface area contributed by atoms with Gasteiger partial charge in [0.15, 0.2) is 0 Å². The highest BCUT2D eigenvalue weighted by atomic mass is 15.1. The van der Waals surface area contributed by atoms with Gasteiger partial charge in [0.05, 0.1) is 0 Å². The Morgan fingerprint density at radius 3 is 1.37 bits per heavy atom. The molecule has 5 aromatic carbocycles. The molecule has 5 rings (SSSR count). The Labute approximate surface area is 276 Å². The number of anilines is 5. The molecule has 46 heavy (non-hydrogen) atoms. The smallest absolute Gasteiger partial charge is 0.0462 e. The van der Waals surface area contributed by atoms with Crippen molar-refractivity contribution in [2.45, 2.75) is 34.6 Å². The number of hydrogen-bond donors (Lipinski definition) is 0. The highest BCUT2D eigenvalue weighted by molar-refractivity contribution is 5.82. The summed E-state index contributed by atoms with van der Waals surface area (Å²) in [5, 5.41) is 0. The van der Waals surface area contributed by atoms with Gasteiger partial charge in [-0.1, -0.05) is 103 Å². The van der Waals surface area contributed by atoms with E-state index in [1.165, 1.54) is 39.2 Å². The first-order valence-electron chi connectivity index (χ1n) is 16.6. The lowest BCUT2D eigenvalue weighted by Gasteiger charge is -2.27. The summed E-state index contributed by atoms with van der Waals surface area (Å²) in [6.45, 7) is 15.0. The largest absolute Gasteiger partial charge is 0.372 e. The van der Waals surface area contributed by atoms with Crippen LogP contribution in [0.1, 0.15) is 55.5 Å². The van der Waals surface area contributed by atoms with E-state index in [4.69, 9.17) is 0 Å². The summed E-state index contributed by atoms with van der Waals surface area (Å²) in [5.74, 6) is 0. The lowest BCUT2D eigenvalue weighted by atomic mass is 10.1. The van der Waals surface area contributed by atoms with Crippen molar-refractivity contribution in [1.29, 1.82) is 0 Å². The van der Waals surface area contributed by atoms with Gasteiger partial charge < -0.3 is 14.7 Å². The molecule has 0 heterocycles. The first-order chi connectivity index (χ1) is 22.5. The van der Waals surface area contributed by atoms with E-state index in [9.17, 15) is 0 Å². The Bertz CT molecular complexity index is 1710. The molecule has 0 saturated carbocycles. The summed E-state index contributed by atoms with van der Waals surface area (Å²) in [7, 11) is 0. The lowest BCUT2D eigenvalue weighted by Crippen LogP contribution is -2.25. The molecule has 0 aromatic heterocycles. The second-order valence-electron chi connectivity index (χ2n) is 11.5. The van der Waals surface area contributed by atoms with Gasteiger partial charge in [-0.25, -0.2) is 0 Å². The molecule has 0 amide bonds. The van der Waals surface area contributed by atoms with Crippen LogP contribution < -0.4 is 14.7 Å². The van der Waals surface area contributed by atoms with Crippen LogP contribution >= 0.6 is 0 Å². The quantitative estimate of drug-likeness (QED) is 0.124. The van der Waals surface area contributed by atoms with Crippen LogP contribution in [0.5, 0.6) is 0 Å². The average Bonchev–Trinajstić information content (AvgIpc) is 3.10. The zero-order chi connectivity index (χ0) is 32.3. The van der Waals surface area contributed by atoms with Gasteiger partial charge in [0.1, 0.15) is 0 Å². The van der Waals surface area contributed by atoms with Crippen LogP contribution in [0.3, 0.4) is 0 Å².